The van der Waals surface area contributed by atoms with E-state index in [2.05, 4.69) is 42.1 Å². The number of rotatable bonds is 7. The van der Waals surface area contributed by atoms with Crippen LogP contribution in [0.25, 0.3) is 11.3 Å². The van der Waals surface area contributed by atoms with Gasteiger partial charge in [-0.15, -0.1) is 0 Å². The molecule has 1 aromatic heterocycles. The second-order valence-electron chi connectivity index (χ2n) is 10.3. The van der Waals surface area contributed by atoms with Gasteiger partial charge in [-0.1, -0.05) is 23.4 Å². The number of benzene rings is 2. The molecule has 2 bridgehead atoms. The number of fused-ring (bicyclic) bond motifs is 2. The molecule has 0 unspecified atom stereocenters. The van der Waals surface area contributed by atoms with Gasteiger partial charge in [0.1, 0.15) is 17.3 Å². The van der Waals surface area contributed by atoms with Gasteiger partial charge in [-0.05, 0) is 68.9 Å². The summed E-state index contributed by atoms with van der Waals surface area (Å²) in [5.41, 5.74) is 5.89. The largest absolute Gasteiger partial charge is 0.478 e. The molecule has 6 nitrogen and oxygen atoms in total. The first-order valence-corrected chi connectivity index (χ1v) is 12.4. The zero-order chi connectivity index (χ0) is 24.3. The van der Waals surface area contributed by atoms with Crippen molar-refractivity contribution in [3.05, 3.63) is 70.2 Å². The van der Waals surface area contributed by atoms with E-state index in [0.29, 0.717) is 30.7 Å². The highest BCUT2D eigenvalue weighted by Crippen LogP contribution is 2.46. The fourth-order valence-corrected chi connectivity index (χ4v) is 5.98. The average Bonchev–Trinajstić information content (AvgIpc) is 3.28. The van der Waals surface area contributed by atoms with Crippen LogP contribution in [0.3, 0.4) is 0 Å². The number of hydrogen-bond acceptors (Lipinski definition) is 5. The number of ether oxygens (including phenoxy) is 1. The van der Waals surface area contributed by atoms with Crippen molar-refractivity contribution in [1.29, 1.82) is 0 Å². The number of anilines is 1. The molecule has 35 heavy (non-hydrogen) atoms. The Labute approximate surface area is 203 Å². The van der Waals surface area contributed by atoms with E-state index >= 15 is 0 Å². The van der Waals surface area contributed by atoms with Crippen LogP contribution < -0.4 is 4.90 Å². The van der Waals surface area contributed by atoms with Gasteiger partial charge in [-0.25, -0.2) is 9.18 Å². The van der Waals surface area contributed by atoms with Crippen LogP contribution in [0.2, 0.25) is 0 Å². The molecule has 3 aliphatic rings. The summed E-state index contributed by atoms with van der Waals surface area (Å²) in [5.74, 6) is 0.115. The predicted octanol–water partition coefficient (Wildman–Crippen LogP) is 5.86. The lowest BCUT2D eigenvalue weighted by Crippen LogP contribution is -2.39. The van der Waals surface area contributed by atoms with Gasteiger partial charge in [0.2, 0.25) is 0 Å². The van der Waals surface area contributed by atoms with E-state index in [0.717, 1.165) is 54.3 Å². The van der Waals surface area contributed by atoms with E-state index in [1.807, 2.05) is 0 Å². The van der Waals surface area contributed by atoms with E-state index in [4.69, 9.17) is 14.4 Å². The molecule has 3 fully saturated rings. The van der Waals surface area contributed by atoms with Crippen LogP contribution in [0, 0.1) is 25.6 Å². The number of halogens is 1. The molecule has 1 saturated heterocycles. The van der Waals surface area contributed by atoms with Crippen LogP contribution >= 0.6 is 0 Å². The first-order chi connectivity index (χ1) is 16.9. The Balaban J connectivity index is 1.19. The third kappa shape index (κ3) is 3.92. The summed E-state index contributed by atoms with van der Waals surface area (Å²) >= 11 is 0. The first kappa shape index (κ1) is 22.3. The van der Waals surface area contributed by atoms with Crippen LogP contribution in [-0.2, 0) is 11.3 Å². The summed E-state index contributed by atoms with van der Waals surface area (Å²) in [7, 11) is 0. The molecule has 3 atom stereocenters. The number of aromatic nitrogens is 1. The Morgan fingerprint density at radius 2 is 1.97 bits per heavy atom. The maximum atomic E-state index is 14.7. The molecule has 182 valence electrons. The van der Waals surface area contributed by atoms with Crippen molar-refractivity contribution in [1.82, 2.24) is 5.16 Å². The lowest BCUT2D eigenvalue weighted by atomic mass is 9.96. The van der Waals surface area contributed by atoms with E-state index in [9.17, 15) is 9.18 Å². The summed E-state index contributed by atoms with van der Waals surface area (Å²) in [6.45, 7) is 5.38. The van der Waals surface area contributed by atoms with Crippen molar-refractivity contribution < 1.29 is 23.6 Å². The zero-order valence-electron chi connectivity index (χ0n) is 20.0. The minimum Gasteiger partial charge on any atom is -0.478 e. The molecule has 7 heteroatoms. The molecule has 1 aliphatic heterocycles. The second-order valence-corrected chi connectivity index (χ2v) is 10.3. The molecule has 2 saturated carbocycles. The monoisotopic (exact) mass is 476 g/mol. The number of aryl methyl sites for hydroxylation is 2. The summed E-state index contributed by atoms with van der Waals surface area (Å²) in [6.07, 6.45) is 4.14. The Morgan fingerprint density at radius 3 is 2.60 bits per heavy atom. The van der Waals surface area contributed by atoms with Crippen LogP contribution in [-0.4, -0.2) is 34.9 Å². The van der Waals surface area contributed by atoms with Crippen LogP contribution in [0.15, 0.2) is 40.9 Å². The Morgan fingerprint density at radius 1 is 1.20 bits per heavy atom. The van der Waals surface area contributed by atoms with Crippen molar-refractivity contribution in [3.8, 4) is 11.3 Å². The minimum atomic E-state index is -1.12. The van der Waals surface area contributed by atoms with Crippen molar-refractivity contribution in [2.45, 2.75) is 64.2 Å². The summed E-state index contributed by atoms with van der Waals surface area (Å²) < 4.78 is 27.0. The first-order valence-electron chi connectivity index (χ1n) is 12.4. The zero-order valence-corrected chi connectivity index (χ0v) is 20.0. The molecule has 0 spiro atoms. The van der Waals surface area contributed by atoms with Gasteiger partial charge in [-0.2, -0.15) is 0 Å². The standard InChI is InChI=1S/C28H29FN2O4/c1-15-4-3-5-16(2)25(15)26-21(27(35-30-26)17-6-7-17)14-34-24-12-20-10-19(24)13-31(20)23-9-8-18(28(32)33)11-22(23)29/h3-5,8-9,11,17,19-20,24H,6-7,10,12-14H2,1-2H3,(H,32,33)/t19-,20-,24+/m0/s1. The number of aromatic carboxylic acids is 1. The van der Waals surface area contributed by atoms with Crippen LogP contribution in [0.5, 0.6) is 0 Å². The molecule has 0 radical (unpaired) electrons. The number of piperidine rings is 1. The summed E-state index contributed by atoms with van der Waals surface area (Å²) in [5, 5.41) is 13.6. The third-order valence-electron chi connectivity index (χ3n) is 7.91. The van der Waals surface area contributed by atoms with Gasteiger partial charge < -0.3 is 19.3 Å². The van der Waals surface area contributed by atoms with Gasteiger partial charge in [-0.3, -0.25) is 0 Å². The lowest BCUT2D eigenvalue weighted by molar-refractivity contribution is 0.0122. The highest BCUT2D eigenvalue weighted by atomic mass is 19.1. The SMILES string of the molecule is Cc1cccc(C)c1-c1noc(C2CC2)c1CO[C@@H]1C[C@@H]2C[C@H]1CN2c1ccc(C(=O)O)cc1F. The Kier molecular flexibility index (Phi) is 5.40. The van der Waals surface area contributed by atoms with Crippen molar-refractivity contribution in [3.63, 3.8) is 0 Å². The van der Waals surface area contributed by atoms with E-state index in [1.165, 1.54) is 17.2 Å². The summed E-state index contributed by atoms with van der Waals surface area (Å²) in [4.78, 5) is 13.2. The van der Waals surface area contributed by atoms with Crippen molar-refractivity contribution in [2.75, 3.05) is 11.4 Å². The van der Waals surface area contributed by atoms with Gasteiger partial charge in [0, 0.05) is 35.5 Å². The van der Waals surface area contributed by atoms with Gasteiger partial charge in [0.25, 0.3) is 0 Å². The molecular formula is C28H29FN2O4. The van der Waals surface area contributed by atoms with Gasteiger partial charge >= 0.3 is 5.97 Å². The predicted molar refractivity (Wildman–Crippen MR) is 129 cm³/mol. The quantitative estimate of drug-likeness (QED) is 0.461. The highest BCUT2D eigenvalue weighted by molar-refractivity contribution is 5.88. The molecule has 6 rings (SSSR count). The Hall–Kier alpha value is -3.19. The number of nitrogens with zero attached hydrogens (tertiary/aromatic N) is 2. The highest BCUT2D eigenvalue weighted by Gasteiger charge is 2.46. The Bertz CT molecular complexity index is 1280. The number of carboxylic acids is 1. The topological polar surface area (TPSA) is 75.8 Å². The molecule has 1 N–H and O–H groups in total. The maximum absolute atomic E-state index is 14.7. The van der Waals surface area contributed by atoms with E-state index in [1.54, 1.807) is 6.07 Å². The van der Waals surface area contributed by atoms with E-state index < -0.39 is 11.8 Å². The molecule has 2 aliphatic carbocycles. The molecular weight excluding hydrogens is 447 g/mol. The lowest BCUT2D eigenvalue weighted by Gasteiger charge is -2.33. The summed E-state index contributed by atoms with van der Waals surface area (Å²) in [6, 6.07) is 10.6. The smallest absolute Gasteiger partial charge is 0.335 e. The molecule has 3 aromatic rings. The maximum Gasteiger partial charge on any atom is 0.335 e. The normalized spacial score (nSPS) is 23.3. The van der Waals surface area contributed by atoms with Crippen molar-refractivity contribution >= 4 is 11.7 Å². The van der Waals surface area contributed by atoms with Crippen LogP contribution in [0.4, 0.5) is 10.1 Å². The van der Waals surface area contributed by atoms with Crippen molar-refractivity contribution in [2.24, 2.45) is 5.92 Å². The second kappa shape index (κ2) is 8.48. The van der Waals surface area contributed by atoms with Gasteiger partial charge in [0.15, 0.2) is 0 Å². The third-order valence-corrected chi connectivity index (χ3v) is 7.91. The minimum absolute atomic E-state index is 0.0308. The number of carboxylic acid groups (broad SMARTS) is 1. The number of hydrogen-bond donors (Lipinski definition) is 1. The van der Waals surface area contributed by atoms with E-state index in [-0.39, 0.29) is 17.7 Å². The fourth-order valence-electron chi connectivity index (χ4n) is 5.98. The van der Waals surface area contributed by atoms with Crippen LogP contribution in [0.1, 0.15) is 64.4 Å². The molecule has 0 amide bonds. The average molecular weight is 477 g/mol. The molecule has 2 aromatic carbocycles. The fraction of sp³-hybridized carbons (Fsp3) is 0.429. The number of carbonyl (C=O) groups is 1. The van der Waals surface area contributed by atoms with Gasteiger partial charge in [0.05, 0.1) is 24.0 Å². The molecule has 2 heterocycles.